The van der Waals surface area contributed by atoms with Gasteiger partial charge in [-0.2, -0.15) is 0 Å². The van der Waals surface area contributed by atoms with E-state index in [9.17, 15) is 4.79 Å². The van der Waals surface area contributed by atoms with E-state index in [-0.39, 0.29) is 24.4 Å². The molecular formula is C23H30ClN3O3. The maximum Gasteiger partial charge on any atom is 0.242 e. The zero-order chi connectivity index (χ0) is 20.4. The quantitative estimate of drug-likeness (QED) is 0.729. The molecule has 0 saturated carbocycles. The summed E-state index contributed by atoms with van der Waals surface area (Å²) in [6.45, 7) is 2.06. The molecule has 1 fully saturated rings. The number of halogens is 1. The summed E-state index contributed by atoms with van der Waals surface area (Å²) in [5, 5.41) is 0. The molecule has 4 rings (SSSR count). The fourth-order valence-electron chi connectivity index (χ4n) is 4.62. The highest BCUT2D eigenvalue weighted by Crippen LogP contribution is 2.37. The predicted octanol–water partition coefficient (Wildman–Crippen LogP) is 3.82. The molecule has 2 aliphatic rings. The van der Waals surface area contributed by atoms with Crippen molar-refractivity contribution >= 4 is 29.7 Å². The number of benzene rings is 2. The Kier molecular flexibility index (Phi) is 6.98. The van der Waals surface area contributed by atoms with Crippen LogP contribution in [0.4, 0.5) is 11.4 Å². The second kappa shape index (κ2) is 9.47. The monoisotopic (exact) mass is 431 g/mol. The largest absolute Gasteiger partial charge is 0.493 e. The van der Waals surface area contributed by atoms with Crippen LogP contribution in [0.1, 0.15) is 36.4 Å². The molecule has 1 amide bonds. The van der Waals surface area contributed by atoms with Crippen molar-refractivity contribution in [3.63, 3.8) is 0 Å². The molecule has 0 spiro atoms. The third-order valence-corrected chi connectivity index (χ3v) is 6.07. The molecule has 0 radical (unpaired) electrons. The zero-order valence-corrected chi connectivity index (χ0v) is 18.4. The number of fused-ring (bicyclic) bond motifs is 1. The first-order chi connectivity index (χ1) is 14.1. The summed E-state index contributed by atoms with van der Waals surface area (Å²) >= 11 is 0. The number of methoxy groups -OCH3 is 2. The molecule has 0 aromatic heterocycles. The molecule has 7 heteroatoms. The molecule has 0 bridgehead atoms. The number of nitrogens with two attached hydrogens (primary N) is 1. The van der Waals surface area contributed by atoms with Crippen LogP contribution in [0.15, 0.2) is 36.4 Å². The van der Waals surface area contributed by atoms with Crippen LogP contribution in [-0.4, -0.2) is 44.7 Å². The van der Waals surface area contributed by atoms with Crippen molar-refractivity contribution in [3.05, 3.63) is 47.5 Å². The lowest BCUT2D eigenvalue weighted by Gasteiger charge is -2.34. The lowest BCUT2D eigenvalue weighted by atomic mass is 9.99. The van der Waals surface area contributed by atoms with E-state index in [1.54, 1.807) is 14.2 Å². The number of rotatable bonds is 5. The number of hydrogen-bond acceptors (Lipinski definition) is 5. The van der Waals surface area contributed by atoms with Gasteiger partial charge in [-0.25, -0.2) is 0 Å². The molecule has 6 nitrogen and oxygen atoms in total. The number of likely N-dealkylation sites (tertiary alicyclic amines) is 1. The summed E-state index contributed by atoms with van der Waals surface area (Å²) in [6.07, 6.45) is 3.97. The SMILES string of the molecule is COc1ccc(C2CCCN2C(=O)CN2CCCc3c(N)cccc32)cc1OC.Cl. The summed E-state index contributed by atoms with van der Waals surface area (Å²) in [7, 11) is 3.27. The third-order valence-electron chi connectivity index (χ3n) is 6.07. The highest BCUT2D eigenvalue weighted by Gasteiger charge is 2.32. The number of carbonyl (C=O) groups is 1. The van der Waals surface area contributed by atoms with Crippen molar-refractivity contribution in [2.24, 2.45) is 0 Å². The fraction of sp³-hybridized carbons (Fsp3) is 0.435. The van der Waals surface area contributed by atoms with Gasteiger partial charge in [-0.1, -0.05) is 12.1 Å². The van der Waals surface area contributed by atoms with Crippen LogP contribution in [0.25, 0.3) is 0 Å². The molecule has 2 aromatic rings. The molecule has 30 heavy (non-hydrogen) atoms. The van der Waals surface area contributed by atoms with Gasteiger partial charge in [-0.3, -0.25) is 4.79 Å². The van der Waals surface area contributed by atoms with Crippen LogP contribution >= 0.6 is 12.4 Å². The lowest BCUT2D eigenvalue weighted by molar-refractivity contribution is -0.130. The maximum atomic E-state index is 13.3. The lowest BCUT2D eigenvalue weighted by Crippen LogP contribution is -2.42. The van der Waals surface area contributed by atoms with Crippen LogP contribution in [0.5, 0.6) is 11.5 Å². The molecule has 0 aliphatic carbocycles. The molecule has 1 saturated heterocycles. The van der Waals surface area contributed by atoms with E-state index in [0.717, 1.165) is 55.7 Å². The van der Waals surface area contributed by atoms with Gasteiger partial charge in [0.15, 0.2) is 11.5 Å². The highest BCUT2D eigenvalue weighted by molar-refractivity contribution is 5.85. The second-order valence-electron chi connectivity index (χ2n) is 7.73. The number of nitrogen functional groups attached to an aromatic ring is 1. The summed E-state index contributed by atoms with van der Waals surface area (Å²) in [5.41, 5.74) is 10.4. The molecule has 1 atom stereocenters. The minimum absolute atomic E-state index is 0. The van der Waals surface area contributed by atoms with Gasteiger partial charge in [0.05, 0.1) is 26.8 Å². The Morgan fingerprint density at radius 2 is 1.90 bits per heavy atom. The summed E-state index contributed by atoms with van der Waals surface area (Å²) in [5.74, 6) is 1.57. The van der Waals surface area contributed by atoms with Gasteiger partial charge in [0.1, 0.15) is 0 Å². The van der Waals surface area contributed by atoms with Crippen molar-refractivity contribution in [3.8, 4) is 11.5 Å². The molecule has 2 N–H and O–H groups in total. The third kappa shape index (κ3) is 4.15. The molecule has 2 aromatic carbocycles. The number of nitrogens with zero attached hydrogens (tertiary/aromatic N) is 2. The molecule has 1 unspecified atom stereocenters. The van der Waals surface area contributed by atoms with E-state index < -0.39 is 0 Å². The van der Waals surface area contributed by atoms with Crippen molar-refractivity contribution in [1.29, 1.82) is 0 Å². The minimum Gasteiger partial charge on any atom is -0.493 e. The predicted molar refractivity (Wildman–Crippen MR) is 122 cm³/mol. The molecular weight excluding hydrogens is 402 g/mol. The topological polar surface area (TPSA) is 68.0 Å². The van der Waals surface area contributed by atoms with Gasteiger partial charge < -0.3 is 25.0 Å². The summed E-state index contributed by atoms with van der Waals surface area (Å²) in [6, 6.07) is 12.0. The van der Waals surface area contributed by atoms with Crippen molar-refractivity contribution in [2.75, 3.05) is 44.5 Å². The van der Waals surface area contributed by atoms with Crippen molar-refractivity contribution < 1.29 is 14.3 Å². The van der Waals surface area contributed by atoms with Gasteiger partial charge >= 0.3 is 0 Å². The van der Waals surface area contributed by atoms with Crippen LogP contribution in [0.2, 0.25) is 0 Å². The Labute approximate surface area is 184 Å². The first-order valence-electron chi connectivity index (χ1n) is 10.3. The smallest absolute Gasteiger partial charge is 0.242 e. The standard InChI is InChI=1S/C23H29N3O3.ClH/c1-28-21-11-10-16(14-22(21)29-2)19-9-5-13-26(19)23(27)15-25-12-4-6-17-18(24)7-3-8-20(17)25;/h3,7-8,10-11,14,19H,4-6,9,12-13,15,24H2,1-2H3;1H. The number of ether oxygens (including phenoxy) is 2. The van der Waals surface area contributed by atoms with Crippen LogP contribution < -0.4 is 20.1 Å². The highest BCUT2D eigenvalue weighted by atomic mass is 35.5. The number of amides is 1. The van der Waals surface area contributed by atoms with E-state index in [4.69, 9.17) is 15.2 Å². The average Bonchev–Trinajstić information content (AvgIpc) is 3.24. The second-order valence-corrected chi connectivity index (χ2v) is 7.73. The first-order valence-corrected chi connectivity index (χ1v) is 10.3. The van der Waals surface area contributed by atoms with E-state index in [1.807, 2.05) is 35.2 Å². The van der Waals surface area contributed by atoms with Crippen LogP contribution in [0, 0.1) is 0 Å². The van der Waals surface area contributed by atoms with E-state index in [1.165, 1.54) is 5.56 Å². The minimum atomic E-state index is 0. The first kappa shape index (κ1) is 22.1. The number of carbonyl (C=O) groups excluding carboxylic acids is 1. The number of anilines is 2. The maximum absolute atomic E-state index is 13.3. The molecule has 162 valence electrons. The van der Waals surface area contributed by atoms with Crippen molar-refractivity contribution in [1.82, 2.24) is 4.90 Å². The van der Waals surface area contributed by atoms with E-state index in [2.05, 4.69) is 11.0 Å². The molecule has 2 aliphatic heterocycles. The van der Waals surface area contributed by atoms with Crippen LogP contribution in [0.3, 0.4) is 0 Å². The molecule has 2 heterocycles. The van der Waals surface area contributed by atoms with Gasteiger partial charge in [-0.05, 0) is 61.1 Å². The summed E-state index contributed by atoms with van der Waals surface area (Å²) < 4.78 is 10.8. The zero-order valence-electron chi connectivity index (χ0n) is 17.6. The summed E-state index contributed by atoms with van der Waals surface area (Å²) in [4.78, 5) is 17.5. The fourth-order valence-corrected chi connectivity index (χ4v) is 4.62. The van der Waals surface area contributed by atoms with Gasteiger partial charge in [-0.15, -0.1) is 12.4 Å². The Morgan fingerprint density at radius 3 is 2.67 bits per heavy atom. The van der Waals surface area contributed by atoms with Crippen molar-refractivity contribution in [2.45, 2.75) is 31.7 Å². The Bertz CT molecular complexity index is 905. The Morgan fingerprint density at radius 1 is 1.10 bits per heavy atom. The number of hydrogen-bond donors (Lipinski definition) is 1. The Balaban J connectivity index is 0.00000256. The van der Waals surface area contributed by atoms with E-state index in [0.29, 0.717) is 18.0 Å². The van der Waals surface area contributed by atoms with E-state index >= 15 is 0 Å². The normalized spacial score (nSPS) is 17.9. The van der Waals surface area contributed by atoms with Crippen LogP contribution in [-0.2, 0) is 11.2 Å². The van der Waals surface area contributed by atoms with Gasteiger partial charge in [0, 0.05) is 24.5 Å². The Hall–Kier alpha value is -2.60. The average molecular weight is 432 g/mol. The van der Waals surface area contributed by atoms with Gasteiger partial charge in [0.2, 0.25) is 5.91 Å². The van der Waals surface area contributed by atoms with Gasteiger partial charge in [0.25, 0.3) is 0 Å².